The van der Waals surface area contributed by atoms with Crippen molar-refractivity contribution in [3.05, 3.63) is 90.0 Å². The average Bonchev–Trinajstić information content (AvgIpc) is 3.23. The highest BCUT2D eigenvalue weighted by Crippen LogP contribution is 2.27. The summed E-state index contributed by atoms with van der Waals surface area (Å²) in [4.78, 5) is 25.0. The number of nitrogens with one attached hydrogen (secondary N) is 2. The lowest BCUT2D eigenvalue weighted by molar-refractivity contribution is -0.123. The quantitative estimate of drug-likeness (QED) is 0.612. The maximum Gasteiger partial charge on any atom is 0.264 e. The van der Waals surface area contributed by atoms with E-state index in [9.17, 15) is 14.7 Å². The second-order valence-electron chi connectivity index (χ2n) is 6.41. The Morgan fingerprint density at radius 2 is 1.86 bits per heavy atom. The predicted octanol–water partition coefficient (Wildman–Crippen LogP) is 2.88. The third kappa shape index (κ3) is 3.50. The Kier molecular flexibility index (Phi) is 4.63. The number of carbonyl (C=O) groups is 2. The topological polar surface area (TPSA) is 96.2 Å². The molecule has 2 aromatic carbocycles. The lowest BCUT2D eigenvalue weighted by atomic mass is 9.96. The molecule has 28 heavy (non-hydrogen) atoms. The van der Waals surface area contributed by atoms with E-state index in [0.717, 1.165) is 11.3 Å². The van der Waals surface area contributed by atoms with Crippen LogP contribution in [0.4, 0.5) is 5.69 Å². The fraction of sp³-hybridized carbons (Fsp3) is 0.0952. The normalized spacial score (nSPS) is 16.6. The van der Waals surface area contributed by atoms with Crippen molar-refractivity contribution >= 4 is 17.5 Å². The van der Waals surface area contributed by atoms with Crippen molar-refractivity contribution in [2.45, 2.75) is 12.5 Å². The fourth-order valence-corrected chi connectivity index (χ4v) is 3.14. The summed E-state index contributed by atoms with van der Waals surface area (Å²) >= 11 is 0. The third-order valence-corrected chi connectivity index (χ3v) is 4.54. The number of hydrogen-bond donors (Lipinski definition) is 3. The minimum atomic E-state index is -0.645. The van der Waals surface area contributed by atoms with Gasteiger partial charge in [-0.2, -0.15) is 5.10 Å². The van der Waals surface area contributed by atoms with Crippen LogP contribution < -0.4 is 10.6 Å². The van der Waals surface area contributed by atoms with Crippen LogP contribution in [-0.2, 0) is 9.59 Å². The first-order valence-electron chi connectivity index (χ1n) is 8.81. The van der Waals surface area contributed by atoms with E-state index in [1.807, 2.05) is 42.6 Å². The molecule has 2 heterocycles. The highest BCUT2D eigenvalue weighted by atomic mass is 16.3. The van der Waals surface area contributed by atoms with E-state index in [1.165, 1.54) is 0 Å². The second kappa shape index (κ2) is 7.40. The molecule has 0 saturated carbocycles. The Morgan fingerprint density at radius 1 is 1.11 bits per heavy atom. The van der Waals surface area contributed by atoms with Crippen LogP contribution >= 0.6 is 0 Å². The number of benzene rings is 2. The molecular formula is C21H18N4O3. The van der Waals surface area contributed by atoms with E-state index in [2.05, 4.69) is 15.7 Å². The van der Waals surface area contributed by atoms with E-state index in [1.54, 1.807) is 35.1 Å². The molecule has 1 aromatic heterocycles. The van der Waals surface area contributed by atoms with E-state index < -0.39 is 11.8 Å². The van der Waals surface area contributed by atoms with Crippen molar-refractivity contribution in [2.24, 2.45) is 0 Å². The summed E-state index contributed by atoms with van der Waals surface area (Å²) in [5.74, 6) is -1.46. The summed E-state index contributed by atoms with van der Waals surface area (Å²) in [6, 6.07) is 17.8. The van der Waals surface area contributed by atoms with E-state index in [-0.39, 0.29) is 23.8 Å². The number of aliphatic hydroxyl groups excluding tert-OH is 1. The maximum absolute atomic E-state index is 12.5. The number of amides is 2. The van der Waals surface area contributed by atoms with Gasteiger partial charge < -0.3 is 15.7 Å². The Balaban J connectivity index is 1.49. The second-order valence-corrected chi connectivity index (χ2v) is 6.41. The molecule has 7 nitrogen and oxygen atoms in total. The first-order valence-corrected chi connectivity index (χ1v) is 8.81. The number of nitrogens with zero attached hydrogens (tertiary/aromatic N) is 2. The van der Waals surface area contributed by atoms with E-state index >= 15 is 0 Å². The number of aromatic nitrogens is 2. The first kappa shape index (κ1) is 17.5. The largest absolute Gasteiger partial charge is 0.511 e. The SMILES string of the molecule is O=C(Nc1ccc(-n2cccn2)cc1)C1=C(O)CC(c2ccccc2)NC1=O. The third-order valence-electron chi connectivity index (χ3n) is 4.54. The summed E-state index contributed by atoms with van der Waals surface area (Å²) in [6.45, 7) is 0. The molecule has 4 rings (SSSR count). The zero-order valence-electron chi connectivity index (χ0n) is 14.9. The lowest BCUT2D eigenvalue weighted by Crippen LogP contribution is -2.39. The highest BCUT2D eigenvalue weighted by molar-refractivity contribution is 6.23. The number of carbonyl (C=O) groups excluding carboxylic acids is 2. The predicted molar refractivity (Wildman–Crippen MR) is 104 cm³/mol. The van der Waals surface area contributed by atoms with Crippen LogP contribution in [0.25, 0.3) is 5.69 Å². The van der Waals surface area contributed by atoms with Crippen LogP contribution in [0.1, 0.15) is 18.0 Å². The van der Waals surface area contributed by atoms with Gasteiger partial charge in [-0.05, 0) is 35.9 Å². The zero-order chi connectivity index (χ0) is 19.5. The van der Waals surface area contributed by atoms with Crippen molar-refractivity contribution in [3.63, 3.8) is 0 Å². The Morgan fingerprint density at radius 3 is 2.50 bits per heavy atom. The minimum Gasteiger partial charge on any atom is -0.511 e. The van der Waals surface area contributed by atoms with Gasteiger partial charge in [-0.1, -0.05) is 30.3 Å². The number of rotatable bonds is 4. The van der Waals surface area contributed by atoms with Gasteiger partial charge in [-0.25, -0.2) is 4.68 Å². The smallest absolute Gasteiger partial charge is 0.264 e. The molecule has 3 N–H and O–H groups in total. The van der Waals surface area contributed by atoms with Crippen molar-refractivity contribution < 1.29 is 14.7 Å². The van der Waals surface area contributed by atoms with Gasteiger partial charge in [0.15, 0.2) is 0 Å². The van der Waals surface area contributed by atoms with Crippen LogP contribution in [0.2, 0.25) is 0 Å². The number of hydrogen-bond acceptors (Lipinski definition) is 4. The molecule has 3 aromatic rings. The van der Waals surface area contributed by atoms with Crippen molar-refractivity contribution in [3.8, 4) is 5.69 Å². The van der Waals surface area contributed by atoms with Gasteiger partial charge in [-0.3, -0.25) is 9.59 Å². The van der Waals surface area contributed by atoms with Gasteiger partial charge in [0.2, 0.25) is 0 Å². The lowest BCUT2D eigenvalue weighted by Gasteiger charge is -2.25. The van der Waals surface area contributed by atoms with Crippen LogP contribution in [-0.4, -0.2) is 26.7 Å². The van der Waals surface area contributed by atoms with Gasteiger partial charge in [0.1, 0.15) is 11.3 Å². The molecule has 0 aliphatic carbocycles. The standard InChI is InChI=1S/C21H18N4O3/c26-18-13-17(14-5-2-1-3-6-14)24-21(28)19(18)20(27)23-15-7-9-16(10-8-15)25-12-4-11-22-25/h1-12,17,26H,13H2,(H,23,27)(H,24,28). The molecule has 1 aliphatic heterocycles. The van der Waals surface area contributed by atoms with Gasteiger partial charge in [-0.15, -0.1) is 0 Å². The van der Waals surface area contributed by atoms with Gasteiger partial charge in [0.25, 0.3) is 11.8 Å². The highest BCUT2D eigenvalue weighted by Gasteiger charge is 2.32. The molecule has 1 unspecified atom stereocenters. The summed E-state index contributed by atoms with van der Waals surface area (Å²) < 4.78 is 1.69. The van der Waals surface area contributed by atoms with Crippen LogP contribution in [0, 0.1) is 0 Å². The summed E-state index contributed by atoms with van der Waals surface area (Å²) in [7, 11) is 0. The van der Waals surface area contributed by atoms with Crippen molar-refractivity contribution in [1.29, 1.82) is 0 Å². The van der Waals surface area contributed by atoms with Crippen molar-refractivity contribution in [1.82, 2.24) is 15.1 Å². The molecule has 1 aliphatic rings. The molecule has 0 radical (unpaired) electrons. The van der Waals surface area contributed by atoms with Gasteiger partial charge in [0, 0.05) is 24.5 Å². The minimum absolute atomic E-state index is 0.163. The summed E-state index contributed by atoms with van der Waals surface area (Å²) in [6.07, 6.45) is 3.65. The molecular weight excluding hydrogens is 356 g/mol. The molecule has 2 amide bonds. The van der Waals surface area contributed by atoms with Gasteiger partial charge in [0.05, 0.1) is 11.7 Å². The molecule has 0 bridgehead atoms. The summed E-state index contributed by atoms with van der Waals surface area (Å²) in [5, 5.41) is 19.9. The number of anilines is 1. The van der Waals surface area contributed by atoms with Crippen LogP contribution in [0.3, 0.4) is 0 Å². The molecule has 0 fully saturated rings. The Labute approximate surface area is 161 Å². The molecule has 0 spiro atoms. The molecule has 1 atom stereocenters. The fourth-order valence-electron chi connectivity index (χ4n) is 3.14. The van der Waals surface area contributed by atoms with E-state index in [0.29, 0.717) is 5.69 Å². The molecule has 0 saturated heterocycles. The monoisotopic (exact) mass is 374 g/mol. The van der Waals surface area contributed by atoms with Crippen molar-refractivity contribution in [2.75, 3.05) is 5.32 Å². The Bertz CT molecular complexity index is 1030. The molecule has 140 valence electrons. The first-order chi connectivity index (χ1) is 13.6. The van der Waals surface area contributed by atoms with E-state index in [4.69, 9.17) is 0 Å². The van der Waals surface area contributed by atoms with Crippen LogP contribution in [0.15, 0.2) is 84.4 Å². The Hall–Kier alpha value is -3.87. The van der Waals surface area contributed by atoms with Crippen LogP contribution in [0.5, 0.6) is 0 Å². The zero-order valence-corrected chi connectivity index (χ0v) is 14.9. The number of aliphatic hydroxyl groups is 1. The van der Waals surface area contributed by atoms with Gasteiger partial charge >= 0.3 is 0 Å². The average molecular weight is 374 g/mol. The molecule has 7 heteroatoms. The summed E-state index contributed by atoms with van der Waals surface area (Å²) in [5.41, 5.74) is 1.96. The maximum atomic E-state index is 12.5.